The highest BCUT2D eigenvalue weighted by Crippen LogP contribution is 2.19. The van der Waals surface area contributed by atoms with E-state index >= 15 is 0 Å². The number of aryl methyl sites for hydroxylation is 2. The Labute approximate surface area is 151 Å². The molecule has 1 N–H and O–H groups in total. The summed E-state index contributed by atoms with van der Waals surface area (Å²) in [5.41, 5.74) is 4.04. The molecule has 1 saturated heterocycles. The number of hydrogen-bond acceptors (Lipinski definition) is 5. The number of ether oxygens (including phenoxy) is 1. The van der Waals surface area contributed by atoms with Crippen molar-refractivity contribution in [1.29, 1.82) is 0 Å². The van der Waals surface area contributed by atoms with E-state index < -0.39 is 0 Å². The maximum absolute atomic E-state index is 12.7. The van der Waals surface area contributed by atoms with Crippen LogP contribution in [0.3, 0.4) is 0 Å². The summed E-state index contributed by atoms with van der Waals surface area (Å²) in [6.45, 7) is 4.99. The van der Waals surface area contributed by atoms with Crippen LogP contribution in [-0.4, -0.2) is 44.7 Å². The summed E-state index contributed by atoms with van der Waals surface area (Å²) in [6, 6.07) is 7.60. The number of hydrogen-bond donors (Lipinski definition) is 1. The second kappa shape index (κ2) is 6.84. The van der Waals surface area contributed by atoms with E-state index in [0.29, 0.717) is 24.6 Å². The Hall–Kier alpha value is -2.80. The van der Waals surface area contributed by atoms with E-state index in [0.717, 1.165) is 17.8 Å². The second-order valence-electron chi connectivity index (χ2n) is 6.78. The Morgan fingerprint density at radius 2 is 2.08 bits per heavy atom. The second-order valence-corrected chi connectivity index (χ2v) is 6.78. The fourth-order valence-corrected chi connectivity index (χ4v) is 3.38. The summed E-state index contributed by atoms with van der Waals surface area (Å²) in [4.78, 5) is 21.2. The topological polar surface area (TPSA) is 81.4 Å². The number of pyridine rings is 1. The van der Waals surface area contributed by atoms with Gasteiger partial charge in [-0.1, -0.05) is 0 Å². The maximum Gasteiger partial charge on any atom is 0.270 e. The molecule has 3 aromatic heterocycles. The molecule has 0 aliphatic carbocycles. The highest BCUT2D eigenvalue weighted by Gasteiger charge is 2.30. The standard InChI is InChI=1S/C19H21N5O2/c1-12-7-18-21-16(8-13(2)24(18)23-12)19(25)22-17-11-26-10-15(17)9-14-3-5-20-6-4-14/h3-8,15,17H,9-11H2,1-2H3,(H,22,25)/t15-,17+/m1/s1. The number of rotatable bonds is 4. The first-order valence-electron chi connectivity index (χ1n) is 8.71. The molecule has 4 heterocycles. The van der Waals surface area contributed by atoms with Gasteiger partial charge in [0.2, 0.25) is 0 Å². The van der Waals surface area contributed by atoms with Crippen LogP contribution in [0.1, 0.15) is 27.4 Å². The van der Waals surface area contributed by atoms with E-state index in [1.807, 2.05) is 32.0 Å². The quantitative estimate of drug-likeness (QED) is 0.774. The zero-order valence-electron chi connectivity index (χ0n) is 14.8. The third-order valence-electron chi connectivity index (χ3n) is 4.72. The monoisotopic (exact) mass is 351 g/mol. The molecule has 0 bridgehead atoms. The molecule has 7 nitrogen and oxygen atoms in total. The van der Waals surface area contributed by atoms with Crippen molar-refractivity contribution < 1.29 is 9.53 Å². The van der Waals surface area contributed by atoms with E-state index in [9.17, 15) is 4.79 Å². The van der Waals surface area contributed by atoms with Crippen molar-refractivity contribution in [2.75, 3.05) is 13.2 Å². The Kier molecular flexibility index (Phi) is 4.38. The normalized spacial score (nSPS) is 19.8. The van der Waals surface area contributed by atoms with Crippen LogP contribution < -0.4 is 5.32 Å². The SMILES string of the molecule is Cc1cc2nc(C(=O)N[C@H]3COC[C@H]3Cc3ccncc3)cc(C)n2n1. The Balaban J connectivity index is 1.50. The first-order chi connectivity index (χ1) is 12.6. The van der Waals surface area contributed by atoms with E-state index in [4.69, 9.17) is 4.74 Å². The van der Waals surface area contributed by atoms with Gasteiger partial charge in [-0.15, -0.1) is 0 Å². The number of carbonyl (C=O) groups is 1. The number of nitrogens with one attached hydrogen (secondary N) is 1. The maximum atomic E-state index is 12.7. The molecule has 7 heteroatoms. The first kappa shape index (κ1) is 16.7. The lowest BCUT2D eigenvalue weighted by Gasteiger charge is -2.19. The largest absolute Gasteiger partial charge is 0.379 e. The molecule has 0 spiro atoms. The van der Waals surface area contributed by atoms with Gasteiger partial charge in [-0.2, -0.15) is 5.10 Å². The molecular formula is C19H21N5O2. The highest BCUT2D eigenvalue weighted by molar-refractivity contribution is 5.93. The van der Waals surface area contributed by atoms with Gasteiger partial charge in [0.05, 0.1) is 24.9 Å². The fraction of sp³-hybridized carbons (Fsp3) is 0.368. The zero-order valence-corrected chi connectivity index (χ0v) is 14.8. The van der Waals surface area contributed by atoms with Gasteiger partial charge in [0.15, 0.2) is 5.65 Å². The average Bonchev–Trinajstić information content (AvgIpc) is 3.22. The molecule has 0 radical (unpaired) electrons. The summed E-state index contributed by atoms with van der Waals surface area (Å²) >= 11 is 0. The van der Waals surface area contributed by atoms with Gasteiger partial charge in [-0.25, -0.2) is 9.50 Å². The van der Waals surface area contributed by atoms with Crippen LogP contribution in [0.25, 0.3) is 5.65 Å². The van der Waals surface area contributed by atoms with E-state index in [1.54, 1.807) is 23.0 Å². The van der Waals surface area contributed by atoms with Crippen LogP contribution in [0.5, 0.6) is 0 Å². The number of aromatic nitrogens is 4. The van der Waals surface area contributed by atoms with Gasteiger partial charge in [0.1, 0.15) is 5.69 Å². The molecular weight excluding hydrogens is 330 g/mol. The number of carbonyl (C=O) groups excluding carboxylic acids is 1. The molecule has 0 unspecified atom stereocenters. The van der Waals surface area contributed by atoms with Crippen LogP contribution in [0.15, 0.2) is 36.7 Å². The summed E-state index contributed by atoms with van der Waals surface area (Å²) in [5, 5.41) is 7.47. The van der Waals surface area contributed by atoms with Crippen LogP contribution >= 0.6 is 0 Å². The minimum atomic E-state index is -0.176. The third kappa shape index (κ3) is 3.30. The van der Waals surface area contributed by atoms with E-state index in [-0.39, 0.29) is 17.9 Å². The van der Waals surface area contributed by atoms with Gasteiger partial charge in [0, 0.05) is 30.1 Å². The predicted octanol–water partition coefficient (Wildman–Crippen LogP) is 1.73. The number of fused-ring (bicyclic) bond motifs is 1. The molecule has 1 fully saturated rings. The summed E-state index contributed by atoms with van der Waals surface area (Å²) in [7, 11) is 0. The Bertz CT molecular complexity index is 938. The van der Waals surface area contributed by atoms with Crippen LogP contribution in [0, 0.1) is 19.8 Å². The highest BCUT2D eigenvalue weighted by atomic mass is 16.5. The summed E-state index contributed by atoms with van der Waals surface area (Å²) in [5.74, 6) is 0.0630. The zero-order chi connectivity index (χ0) is 18.1. The van der Waals surface area contributed by atoms with Gasteiger partial charge >= 0.3 is 0 Å². The lowest BCUT2D eigenvalue weighted by Crippen LogP contribution is -2.41. The van der Waals surface area contributed by atoms with Gasteiger partial charge in [-0.3, -0.25) is 9.78 Å². The molecule has 2 atom stereocenters. The molecule has 3 aromatic rings. The predicted molar refractivity (Wildman–Crippen MR) is 96.0 cm³/mol. The molecule has 26 heavy (non-hydrogen) atoms. The fourth-order valence-electron chi connectivity index (χ4n) is 3.38. The minimum Gasteiger partial charge on any atom is -0.379 e. The smallest absolute Gasteiger partial charge is 0.270 e. The summed E-state index contributed by atoms with van der Waals surface area (Å²) < 4.78 is 7.36. The van der Waals surface area contributed by atoms with Crippen molar-refractivity contribution in [3.05, 3.63) is 59.3 Å². The van der Waals surface area contributed by atoms with Gasteiger partial charge in [0.25, 0.3) is 5.91 Å². The molecule has 4 rings (SSSR count). The molecule has 134 valence electrons. The molecule has 1 amide bonds. The van der Waals surface area contributed by atoms with Gasteiger partial charge in [-0.05, 0) is 44.0 Å². The molecule has 1 aliphatic rings. The van der Waals surface area contributed by atoms with Crippen LogP contribution in [-0.2, 0) is 11.2 Å². The Morgan fingerprint density at radius 3 is 2.88 bits per heavy atom. The average molecular weight is 351 g/mol. The van der Waals surface area contributed by atoms with Crippen LogP contribution in [0.2, 0.25) is 0 Å². The minimum absolute atomic E-state index is 0.0272. The van der Waals surface area contributed by atoms with E-state index in [2.05, 4.69) is 20.4 Å². The van der Waals surface area contributed by atoms with Crippen molar-refractivity contribution in [2.45, 2.75) is 26.3 Å². The summed E-state index contributed by atoms with van der Waals surface area (Å²) in [6.07, 6.45) is 4.42. The van der Waals surface area contributed by atoms with Crippen molar-refractivity contribution >= 4 is 11.6 Å². The molecule has 1 aliphatic heterocycles. The first-order valence-corrected chi connectivity index (χ1v) is 8.71. The third-order valence-corrected chi connectivity index (χ3v) is 4.72. The Morgan fingerprint density at radius 1 is 1.27 bits per heavy atom. The van der Waals surface area contributed by atoms with Crippen molar-refractivity contribution in [1.82, 2.24) is 24.9 Å². The lowest BCUT2D eigenvalue weighted by molar-refractivity contribution is 0.0920. The van der Waals surface area contributed by atoms with Gasteiger partial charge < -0.3 is 10.1 Å². The lowest BCUT2D eigenvalue weighted by atomic mass is 9.95. The number of amides is 1. The van der Waals surface area contributed by atoms with E-state index in [1.165, 1.54) is 5.56 Å². The van der Waals surface area contributed by atoms with Crippen molar-refractivity contribution in [3.63, 3.8) is 0 Å². The molecule has 0 aromatic carbocycles. The van der Waals surface area contributed by atoms with Crippen molar-refractivity contribution in [2.24, 2.45) is 5.92 Å². The van der Waals surface area contributed by atoms with Crippen LogP contribution in [0.4, 0.5) is 0 Å². The number of nitrogens with zero attached hydrogens (tertiary/aromatic N) is 4. The van der Waals surface area contributed by atoms with Crippen molar-refractivity contribution in [3.8, 4) is 0 Å². The molecule has 0 saturated carbocycles.